The van der Waals surface area contributed by atoms with Gasteiger partial charge in [-0.05, 0) is 36.0 Å². The lowest BCUT2D eigenvalue weighted by Gasteiger charge is -2.26. The van der Waals surface area contributed by atoms with E-state index in [0.29, 0.717) is 18.5 Å². The number of carbonyl (C=O) groups excluding carboxylic acids is 3. The van der Waals surface area contributed by atoms with E-state index in [9.17, 15) is 24.3 Å². The Morgan fingerprint density at radius 1 is 0.818 bits per heavy atom. The maximum Gasteiger partial charge on any atom is 0.326 e. The number of rotatable bonds is 15. The molecule has 44 heavy (non-hydrogen) atoms. The third-order valence-corrected chi connectivity index (χ3v) is 7.30. The number of aromatic nitrogens is 3. The van der Waals surface area contributed by atoms with Crippen LogP contribution in [0.3, 0.4) is 0 Å². The number of carboxylic acids is 1. The zero-order valence-electron chi connectivity index (χ0n) is 24.7. The van der Waals surface area contributed by atoms with Crippen molar-refractivity contribution in [2.75, 3.05) is 0 Å². The van der Waals surface area contributed by atoms with Gasteiger partial charge in [-0.15, -0.1) is 0 Å². The summed E-state index contributed by atoms with van der Waals surface area (Å²) in [6, 6.07) is 12.6. The lowest BCUT2D eigenvalue weighted by molar-refractivity contribution is -0.142. The maximum atomic E-state index is 13.7. The van der Waals surface area contributed by atoms with Gasteiger partial charge in [0.25, 0.3) is 0 Å². The number of carboxylic acid groups (broad SMARTS) is 1. The number of hydrogen-bond donors (Lipinski definition) is 7. The molecule has 0 saturated carbocycles. The Balaban J connectivity index is 1.53. The van der Waals surface area contributed by atoms with Crippen LogP contribution in [0, 0.1) is 5.92 Å². The Hall–Kier alpha value is -4.97. The van der Waals surface area contributed by atoms with E-state index in [1.54, 1.807) is 6.20 Å². The van der Waals surface area contributed by atoms with E-state index in [4.69, 9.17) is 5.73 Å². The van der Waals surface area contributed by atoms with E-state index < -0.39 is 47.9 Å². The van der Waals surface area contributed by atoms with Crippen molar-refractivity contribution in [2.45, 2.75) is 63.7 Å². The molecule has 2 aromatic heterocycles. The van der Waals surface area contributed by atoms with Crippen LogP contribution in [0.15, 0.2) is 73.3 Å². The minimum Gasteiger partial charge on any atom is -0.480 e. The molecule has 0 aliphatic carbocycles. The molecule has 0 aliphatic rings. The quantitative estimate of drug-likeness (QED) is 0.108. The van der Waals surface area contributed by atoms with Crippen molar-refractivity contribution in [3.63, 3.8) is 0 Å². The molecule has 12 nitrogen and oxygen atoms in total. The van der Waals surface area contributed by atoms with Gasteiger partial charge in [-0.2, -0.15) is 0 Å². The van der Waals surface area contributed by atoms with E-state index in [-0.39, 0.29) is 18.8 Å². The molecule has 2 heterocycles. The third kappa shape index (κ3) is 8.77. The topological polar surface area (TPSA) is 195 Å². The number of aliphatic carboxylic acids is 1. The van der Waals surface area contributed by atoms with Crippen LogP contribution in [0.25, 0.3) is 10.9 Å². The summed E-state index contributed by atoms with van der Waals surface area (Å²) in [5.74, 6) is -2.94. The Morgan fingerprint density at radius 2 is 1.48 bits per heavy atom. The van der Waals surface area contributed by atoms with Crippen molar-refractivity contribution in [1.29, 1.82) is 0 Å². The Kier molecular flexibility index (Phi) is 10.9. The number of amides is 3. The molecular weight excluding hydrogens is 562 g/mol. The van der Waals surface area contributed by atoms with Gasteiger partial charge >= 0.3 is 5.97 Å². The molecule has 2 aromatic carbocycles. The average Bonchev–Trinajstić information content (AvgIpc) is 3.66. The fourth-order valence-corrected chi connectivity index (χ4v) is 5.03. The number of nitrogens with two attached hydrogens (primary N) is 1. The molecule has 4 atom stereocenters. The number of aromatic amines is 2. The van der Waals surface area contributed by atoms with Gasteiger partial charge in [0.05, 0.1) is 12.4 Å². The smallest absolute Gasteiger partial charge is 0.326 e. The third-order valence-electron chi connectivity index (χ3n) is 7.30. The van der Waals surface area contributed by atoms with Gasteiger partial charge in [0.15, 0.2) is 0 Å². The molecule has 0 aliphatic heterocycles. The highest BCUT2D eigenvalue weighted by Crippen LogP contribution is 2.20. The first kappa shape index (κ1) is 32.0. The largest absolute Gasteiger partial charge is 0.480 e. The molecule has 8 N–H and O–H groups in total. The molecule has 3 amide bonds. The number of nitrogens with zero attached hydrogens (tertiary/aromatic N) is 1. The second-order valence-corrected chi connectivity index (χ2v) is 11.3. The summed E-state index contributed by atoms with van der Waals surface area (Å²) in [4.78, 5) is 62.3. The van der Waals surface area contributed by atoms with E-state index >= 15 is 0 Å². The summed E-state index contributed by atoms with van der Waals surface area (Å²) < 4.78 is 0. The van der Waals surface area contributed by atoms with Crippen molar-refractivity contribution in [3.05, 3.63) is 90.1 Å². The fraction of sp³-hybridized carbons (Fsp3) is 0.344. The normalized spacial score (nSPS) is 14.0. The van der Waals surface area contributed by atoms with Crippen molar-refractivity contribution >= 4 is 34.6 Å². The Bertz CT molecular complexity index is 1550. The summed E-state index contributed by atoms with van der Waals surface area (Å²) >= 11 is 0. The maximum absolute atomic E-state index is 13.7. The van der Waals surface area contributed by atoms with E-state index in [0.717, 1.165) is 22.0 Å². The van der Waals surface area contributed by atoms with Crippen LogP contribution in [-0.2, 0) is 38.4 Å². The zero-order chi connectivity index (χ0) is 31.6. The monoisotopic (exact) mass is 601 g/mol. The lowest BCUT2D eigenvalue weighted by atomic mass is 9.99. The number of fused-ring (bicyclic) bond motifs is 1. The average molecular weight is 602 g/mol. The standard InChI is InChI=1S/C32H39N7O5/c1-19(2)12-26(37-29(40)24(33)13-20-8-4-3-5-9-20)30(41)38-27(14-21-16-35-25-11-7-6-10-23(21)25)31(42)39-28(32(43)44)15-22-17-34-18-36-22/h3-11,16-19,24,26-28,35H,12-15,33H2,1-2H3,(H,34,36)(H,37,40)(H,38,41)(H,39,42)(H,43,44). The van der Waals surface area contributed by atoms with Crippen LogP contribution >= 0.6 is 0 Å². The van der Waals surface area contributed by atoms with Crippen LogP contribution in [0.1, 0.15) is 37.1 Å². The highest BCUT2D eigenvalue weighted by molar-refractivity contribution is 5.95. The summed E-state index contributed by atoms with van der Waals surface area (Å²) in [5.41, 5.74) is 9.22. The minimum absolute atomic E-state index is 0.0276. The molecule has 0 saturated heterocycles. The van der Waals surface area contributed by atoms with Crippen molar-refractivity contribution in [3.8, 4) is 0 Å². The summed E-state index contributed by atoms with van der Waals surface area (Å²) in [5, 5.41) is 18.8. The molecule has 12 heteroatoms. The van der Waals surface area contributed by atoms with Gasteiger partial charge in [0.1, 0.15) is 18.1 Å². The van der Waals surface area contributed by atoms with Crippen LogP contribution in [0.4, 0.5) is 0 Å². The number of benzene rings is 2. The molecule has 0 spiro atoms. The van der Waals surface area contributed by atoms with E-state index in [1.807, 2.05) is 68.4 Å². The molecule has 0 fully saturated rings. The van der Waals surface area contributed by atoms with Gasteiger partial charge in [-0.3, -0.25) is 14.4 Å². The van der Waals surface area contributed by atoms with Crippen LogP contribution < -0.4 is 21.7 Å². The van der Waals surface area contributed by atoms with Gasteiger partial charge in [0.2, 0.25) is 17.7 Å². The second kappa shape index (κ2) is 15.0. The van der Waals surface area contributed by atoms with Crippen LogP contribution in [0.5, 0.6) is 0 Å². The minimum atomic E-state index is -1.27. The number of H-pyrrole nitrogens is 2. The first-order valence-corrected chi connectivity index (χ1v) is 14.6. The molecule has 0 radical (unpaired) electrons. The first-order valence-electron chi connectivity index (χ1n) is 14.6. The van der Waals surface area contributed by atoms with Gasteiger partial charge < -0.3 is 36.8 Å². The van der Waals surface area contributed by atoms with Gasteiger partial charge in [0, 0.05) is 41.8 Å². The fourth-order valence-electron chi connectivity index (χ4n) is 5.03. The predicted octanol–water partition coefficient (Wildman–Crippen LogP) is 1.83. The van der Waals surface area contributed by atoms with Gasteiger partial charge in [-0.25, -0.2) is 9.78 Å². The first-order chi connectivity index (χ1) is 21.1. The van der Waals surface area contributed by atoms with Crippen LogP contribution in [0.2, 0.25) is 0 Å². The molecular formula is C32H39N7O5. The molecule has 232 valence electrons. The number of nitrogens with one attached hydrogen (secondary N) is 5. The molecule has 4 aromatic rings. The molecule has 4 rings (SSSR count). The van der Waals surface area contributed by atoms with E-state index in [1.165, 1.54) is 12.5 Å². The SMILES string of the molecule is CC(C)CC(NC(=O)C(N)Cc1ccccc1)C(=O)NC(Cc1c[nH]c2ccccc12)C(=O)NC(Cc1cnc[nH]1)C(=O)O. The van der Waals surface area contributed by atoms with Crippen molar-refractivity contribution < 1.29 is 24.3 Å². The molecule has 0 bridgehead atoms. The van der Waals surface area contributed by atoms with Gasteiger partial charge in [-0.1, -0.05) is 62.4 Å². The number of imidazole rings is 1. The lowest BCUT2D eigenvalue weighted by Crippen LogP contribution is -2.58. The zero-order valence-corrected chi connectivity index (χ0v) is 24.7. The van der Waals surface area contributed by atoms with Crippen molar-refractivity contribution in [2.24, 2.45) is 11.7 Å². The number of para-hydroxylation sites is 1. The number of carbonyl (C=O) groups is 4. The highest BCUT2D eigenvalue weighted by atomic mass is 16.4. The Morgan fingerprint density at radius 3 is 2.16 bits per heavy atom. The van der Waals surface area contributed by atoms with Crippen LogP contribution in [-0.4, -0.2) is 67.9 Å². The number of hydrogen-bond acceptors (Lipinski definition) is 6. The summed E-state index contributed by atoms with van der Waals surface area (Å²) in [6.45, 7) is 3.83. The molecule has 4 unspecified atom stereocenters. The van der Waals surface area contributed by atoms with E-state index in [2.05, 4.69) is 30.9 Å². The Labute approximate surface area is 255 Å². The van der Waals surface area contributed by atoms with Crippen molar-refractivity contribution in [1.82, 2.24) is 30.9 Å². The second-order valence-electron chi connectivity index (χ2n) is 11.3. The predicted molar refractivity (Wildman–Crippen MR) is 165 cm³/mol. The summed E-state index contributed by atoms with van der Waals surface area (Å²) in [6.07, 6.45) is 5.30. The summed E-state index contributed by atoms with van der Waals surface area (Å²) in [7, 11) is 0. The highest BCUT2D eigenvalue weighted by Gasteiger charge is 2.31.